The molecule has 12 heavy (non-hydrogen) atoms. The summed E-state index contributed by atoms with van der Waals surface area (Å²) in [6.07, 6.45) is 1.60. The topological polar surface area (TPSA) is 24.7 Å². The van der Waals surface area contributed by atoms with Gasteiger partial charge in [-0.1, -0.05) is 18.3 Å². The van der Waals surface area contributed by atoms with Crippen LogP contribution in [0.3, 0.4) is 0 Å². The molecule has 0 aromatic heterocycles. The van der Waals surface area contributed by atoms with Gasteiger partial charge >= 0.3 is 0 Å². The number of nitrogens with zero attached hydrogens (tertiary/aromatic N) is 2. The van der Waals surface area contributed by atoms with E-state index in [1.165, 1.54) is 5.57 Å². The van der Waals surface area contributed by atoms with Crippen LogP contribution in [0.5, 0.6) is 0 Å². The molecule has 0 saturated carbocycles. The quantitative estimate of drug-likeness (QED) is 0.473. The van der Waals surface area contributed by atoms with Gasteiger partial charge in [0.2, 0.25) is 0 Å². The molecule has 1 heterocycles. The van der Waals surface area contributed by atoms with E-state index in [0.29, 0.717) is 0 Å². The molecule has 2 nitrogen and oxygen atoms in total. The molecular weight excluding hydrogens is 168 g/mol. The smallest absolute Gasteiger partial charge is 0.110 e. The average Bonchev–Trinajstić information content (AvgIpc) is 2.35. The molecule has 0 amide bonds. The lowest BCUT2D eigenvalue weighted by Crippen LogP contribution is -1.95. The van der Waals surface area contributed by atoms with Crippen LogP contribution in [0.2, 0.25) is 0 Å². The van der Waals surface area contributed by atoms with E-state index in [2.05, 4.69) is 22.0 Å². The lowest BCUT2D eigenvalue weighted by Gasteiger charge is -1.95. The molecule has 0 N–H and O–H groups in total. The van der Waals surface area contributed by atoms with Crippen molar-refractivity contribution in [1.82, 2.24) is 0 Å². The summed E-state index contributed by atoms with van der Waals surface area (Å²) in [7, 11) is 0. The standard InChI is InChI=1S/C9H12N2S/c1-4-10-6-11-9-7(2)5-12-8(9)3/h5-6H,3-4H2,1-2H3/b10-6-,11-9-. The molecule has 0 spiro atoms. The highest BCUT2D eigenvalue weighted by atomic mass is 32.2. The van der Waals surface area contributed by atoms with Gasteiger partial charge in [-0.3, -0.25) is 4.99 Å². The lowest BCUT2D eigenvalue weighted by molar-refractivity contribution is 1.13. The van der Waals surface area contributed by atoms with Gasteiger partial charge < -0.3 is 0 Å². The van der Waals surface area contributed by atoms with Crippen LogP contribution in [-0.2, 0) is 0 Å². The molecule has 1 rings (SSSR count). The zero-order valence-electron chi connectivity index (χ0n) is 7.37. The fourth-order valence-electron chi connectivity index (χ4n) is 0.845. The first-order valence-corrected chi connectivity index (χ1v) is 4.73. The highest BCUT2D eigenvalue weighted by molar-refractivity contribution is 8.07. The van der Waals surface area contributed by atoms with Crippen molar-refractivity contribution in [3.05, 3.63) is 22.5 Å². The van der Waals surface area contributed by atoms with Crippen molar-refractivity contribution in [2.24, 2.45) is 9.98 Å². The summed E-state index contributed by atoms with van der Waals surface area (Å²) in [4.78, 5) is 9.23. The minimum Gasteiger partial charge on any atom is -0.274 e. The van der Waals surface area contributed by atoms with Crippen LogP contribution in [0.15, 0.2) is 32.5 Å². The minimum absolute atomic E-state index is 0.777. The monoisotopic (exact) mass is 180 g/mol. The van der Waals surface area contributed by atoms with Crippen LogP contribution in [0.4, 0.5) is 0 Å². The summed E-state index contributed by atoms with van der Waals surface area (Å²) >= 11 is 1.62. The van der Waals surface area contributed by atoms with E-state index in [9.17, 15) is 0 Å². The summed E-state index contributed by atoms with van der Waals surface area (Å²) in [5.74, 6) is 0. The molecule has 0 bridgehead atoms. The third-order valence-electron chi connectivity index (χ3n) is 1.47. The Morgan fingerprint density at radius 2 is 2.42 bits per heavy atom. The Hall–Kier alpha value is -0.830. The van der Waals surface area contributed by atoms with Gasteiger partial charge in [0.15, 0.2) is 0 Å². The largest absolute Gasteiger partial charge is 0.274 e. The minimum atomic E-state index is 0.777. The molecule has 0 fully saturated rings. The maximum Gasteiger partial charge on any atom is 0.110 e. The molecule has 1 aliphatic heterocycles. The van der Waals surface area contributed by atoms with Crippen molar-refractivity contribution in [3.8, 4) is 0 Å². The van der Waals surface area contributed by atoms with Crippen molar-refractivity contribution >= 4 is 23.8 Å². The van der Waals surface area contributed by atoms with Crippen LogP contribution in [0.25, 0.3) is 0 Å². The van der Waals surface area contributed by atoms with E-state index in [0.717, 1.165) is 17.2 Å². The summed E-state index contributed by atoms with van der Waals surface area (Å²) in [6.45, 7) is 8.68. The van der Waals surface area contributed by atoms with Crippen molar-refractivity contribution in [3.63, 3.8) is 0 Å². The van der Waals surface area contributed by atoms with E-state index >= 15 is 0 Å². The summed E-state index contributed by atoms with van der Waals surface area (Å²) < 4.78 is 0. The van der Waals surface area contributed by atoms with E-state index in [1.54, 1.807) is 18.1 Å². The molecule has 0 saturated heterocycles. The number of thioether (sulfide) groups is 1. The van der Waals surface area contributed by atoms with E-state index in [-0.39, 0.29) is 0 Å². The maximum absolute atomic E-state index is 4.21. The molecule has 0 radical (unpaired) electrons. The molecule has 0 aromatic carbocycles. The second-order valence-electron chi connectivity index (χ2n) is 2.43. The molecule has 0 aliphatic carbocycles. The summed E-state index contributed by atoms with van der Waals surface area (Å²) in [5.41, 5.74) is 2.14. The molecule has 3 heteroatoms. The predicted molar refractivity (Wildman–Crippen MR) is 57.0 cm³/mol. The first kappa shape index (κ1) is 9.26. The SMILES string of the molecule is C=C1SC=C(C)/C1=N/C=N\CC. The maximum atomic E-state index is 4.21. The zero-order valence-corrected chi connectivity index (χ0v) is 8.19. The highest BCUT2D eigenvalue weighted by Gasteiger charge is 2.12. The van der Waals surface area contributed by atoms with Gasteiger partial charge in [0, 0.05) is 11.4 Å². The normalized spacial score (nSPS) is 21.0. The Bertz CT molecular complexity index is 274. The first-order chi connectivity index (χ1) is 5.75. The molecule has 1 aliphatic rings. The Kier molecular flexibility index (Phi) is 3.29. The third kappa shape index (κ3) is 2.08. The van der Waals surface area contributed by atoms with Crippen molar-refractivity contribution in [2.75, 3.05) is 6.54 Å². The van der Waals surface area contributed by atoms with Gasteiger partial charge in [0.1, 0.15) is 6.34 Å². The van der Waals surface area contributed by atoms with E-state index in [4.69, 9.17) is 0 Å². The Labute approximate surface area is 77.2 Å². The van der Waals surface area contributed by atoms with Crippen molar-refractivity contribution in [1.29, 1.82) is 0 Å². The predicted octanol–water partition coefficient (Wildman–Crippen LogP) is 2.64. The third-order valence-corrected chi connectivity index (χ3v) is 2.42. The Morgan fingerprint density at radius 3 is 2.92 bits per heavy atom. The van der Waals surface area contributed by atoms with Gasteiger partial charge in [0.25, 0.3) is 0 Å². The Balaban J connectivity index is 2.73. The van der Waals surface area contributed by atoms with Gasteiger partial charge in [-0.25, -0.2) is 4.99 Å². The van der Waals surface area contributed by atoms with E-state index < -0.39 is 0 Å². The molecule has 0 unspecified atom stereocenters. The Morgan fingerprint density at radius 1 is 1.67 bits per heavy atom. The second kappa shape index (κ2) is 4.26. The molecule has 0 aromatic rings. The second-order valence-corrected chi connectivity index (χ2v) is 3.40. The van der Waals surface area contributed by atoms with Gasteiger partial charge in [0.05, 0.1) is 5.71 Å². The highest BCUT2D eigenvalue weighted by Crippen LogP contribution is 2.29. The van der Waals surface area contributed by atoms with Gasteiger partial charge in [-0.2, -0.15) is 0 Å². The molecule has 64 valence electrons. The molecular formula is C9H12N2S. The molecule has 0 atom stereocenters. The van der Waals surface area contributed by atoms with Crippen LogP contribution < -0.4 is 0 Å². The first-order valence-electron chi connectivity index (χ1n) is 3.85. The van der Waals surface area contributed by atoms with Crippen LogP contribution in [0, 0.1) is 0 Å². The van der Waals surface area contributed by atoms with Crippen LogP contribution >= 0.6 is 11.8 Å². The average molecular weight is 180 g/mol. The van der Waals surface area contributed by atoms with Crippen LogP contribution in [0.1, 0.15) is 13.8 Å². The number of aliphatic imine (C=N–C) groups is 2. The van der Waals surface area contributed by atoms with Crippen molar-refractivity contribution < 1.29 is 0 Å². The van der Waals surface area contributed by atoms with Gasteiger partial charge in [-0.15, -0.1) is 0 Å². The number of hydrogen-bond donors (Lipinski definition) is 0. The number of hydrogen-bond acceptors (Lipinski definition) is 2. The van der Waals surface area contributed by atoms with E-state index in [1.807, 2.05) is 13.8 Å². The summed E-state index contributed by atoms with van der Waals surface area (Å²) in [6, 6.07) is 0. The lowest BCUT2D eigenvalue weighted by atomic mass is 10.2. The number of allylic oxidation sites excluding steroid dienone is 2. The number of rotatable bonds is 2. The fourth-order valence-corrected chi connectivity index (χ4v) is 1.60. The van der Waals surface area contributed by atoms with Gasteiger partial charge in [-0.05, 0) is 24.8 Å². The fraction of sp³-hybridized carbons (Fsp3) is 0.333. The van der Waals surface area contributed by atoms with Crippen LogP contribution in [-0.4, -0.2) is 18.6 Å². The summed E-state index contributed by atoms with van der Waals surface area (Å²) in [5, 5.41) is 2.06. The zero-order chi connectivity index (χ0) is 8.97. The van der Waals surface area contributed by atoms with Crippen molar-refractivity contribution in [2.45, 2.75) is 13.8 Å².